The van der Waals surface area contributed by atoms with Gasteiger partial charge in [0.15, 0.2) is 0 Å². The summed E-state index contributed by atoms with van der Waals surface area (Å²) >= 11 is 0. The summed E-state index contributed by atoms with van der Waals surface area (Å²) in [4.78, 5) is 31.2. The van der Waals surface area contributed by atoms with Gasteiger partial charge in [0, 0.05) is 24.2 Å². The lowest BCUT2D eigenvalue weighted by Gasteiger charge is -2.15. The normalized spacial score (nSPS) is 11.6. The Hall–Kier alpha value is -2.68. The van der Waals surface area contributed by atoms with Gasteiger partial charge in [-0.1, -0.05) is 0 Å². The van der Waals surface area contributed by atoms with Crippen LogP contribution in [0.5, 0.6) is 0 Å². The zero-order chi connectivity index (χ0) is 15.1. The predicted molar refractivity (Wildman–Crippen MR) is 68.1 cm³/mol. The lowest BCUT2D eigenvalue weighted by molar-refractivity contribution is -0.384. The summed E-state index contributed by atoms with van der Waals surface area (Å²) < 4.78 is 0. The molecule has 0 amide bonds. The minimum absolute atomic E-state index is 0.0868. The van der Waals surface area contributed by atoms with Crippen molar-refractivity contribution in [3.05, 3.63) is 34.4 Å². The number of nitro benzene ring substituents is 1. The molecule has 0 heterocycles. The summed E-state index contributed by atoms with van der Waals surface area (Å²) in [5.74, 6) is -2.28. The average Bonchev–Trinajstić information content (AvgIpc) is 2.38. The molecular weight excluding hydrogens is 270 g/mol. The van der Waals surface area contributed by atoms with E-state index in [0.717, 1.165) is 0 Å². The van der Waals surface area contributed by atoms with Crippen LogP contribution in [0.3, 0.4) is 0 Å². The van der Waals surface area contributed by atoms with E-state index in [1.165, 1.54) is 24.3 Å². The number of carboxylic acid groups (broad SMARTS) is 2. The Morgan fingerprint density at radius 2 is 1.85 bits per heavy atom. The van der Waals surface area contributed by atoms with Crippen LogP contribution in [0.4, 0.5) is 11.4 Å². The number of nitrogens with zero attached hydrogens (tertiary/aromatic N) is 1. The number of non-ortho nitro benzene ring substituents is 1. The summed E-state index contributed by atoms with van der Waals surface area (Å²) in [6, 6.07) is 4.25. The first-order valence-corrected chi connectivity index (χ1v) is 5.60. The molecule has 0 bridgehead atoms. The molecule has 9 heteroatoms. The minimum Gasteiger partial charge on any atom is -0.481 e. The quantitative estimate of drug-likeness (QED) is 0.406. The number of hydrogen-bond donors (Lipinski definition) is 4. The van der Waals surface area contributed by atoms with Gasteiger partial charge in [-0.3, -0.25) is 19.7 Å². The molecule has 1 aromatic carbocycles. The van der Waals surface area contributed by atoms with Crippen LogP contribution in [0.1, 0.15) is 12.8 Å². The van der Waals surface area contributed by atoms with Gasteiger partial charge in [-0.25, -0.2) is 5.43 Å². The van der Waals surface area contributed by atoms with Crippen molar-refractivity contribution in [3.63, 3.8) is 0 Å². The van der Waals surface area contributed by atoms with Crippen LogP contribution in [-0.2, 0) is 9.59 Å². The van der Waals surface area contributed by atoms with Gasteiger partial charge in [-0.15, -0.1) is 0 Å². The molecule has 1 unspecified atom stereocenters. The molecule has 0 saturated heterocycles. The molecule has 1 rings (SSSR count). The minimum atomic E-state index is -1.19. The Morgan fingerprint density at radius 1 is 1.25 bits per heavy atom. The number of nitro groups is 1. The monoisotopic (exact) mass is 283 g/mol. The summed E-state index contributed by atoms with van der Waals surface area (Å²) in [5, 5.41) is 27.9. The van der Waals surface area contributed by atoms with E-state index in [2.05, 4.69) is 10.9 Å². The second kappa shape index (κ2) is 7.04. The smallest absolute Gasteiger partial charge is 0.322 e. The Labute approximate surface area is 113 Å². The maximum atomic E-state index is 10.9. The molecule has 0 radical (unpaired) electrons. The third kappa shape index (κ3) is 4.90. The summed E-state index contributed by atoms with van der Waals surface area (Å²) in [7, 11) is 0. The van der Waals surface area contributed by atoms with Gasteiger partial charge in [0.05, 0.1) is 4.92 Å². The maximum Gasteiger partial charge on any atom is 0.322 e. The Morgan fingerprint density at radius 3 is 2.30 bits per heavy atom. The fourth-order valence-corrected chi connectivity index (χ4v) is 1.36. The van der Waals surface area contributed by atoms with E-state index in [0.29, 0.717) is 5.69 Å². The highest BCUT2D eigenvalue weighted by Crippen LogP contribution is 2.14. The molecule has 0 fully saturated rings. The lowest BCUT2D eigenvalue weighted by Crippen LogP contribution is -2.40. The first-order valence-electron chi connectivity index (χ1n) is 5.60. The number of carboxylic acids is 2. The summed E-state index contributed by atoms with van der Waals surface area (Å²) in [6.07, 6.45) is -0.378. The van der Waals surface area contributed by atoms with Gasteiger partial charge in [0.25, 0.3) is 5.69 Å². The number of benzene rings is 1. The number of hydrazine groups is 1. The van der Waals surface area contributed by atoms with E-state index < -0.39 is 22.9 Å². The van der Waals surface area contributed by atoms with Crippen molar-refractivity contribution in [3.8, 4) is 0 Å². The van der Waals surface area contributed by atoms with Crippen LogP contribution in [0, 0.1) is 10.1 Å². The van der Waals surface area contributed by atoms with Gasteiger partial charge in [-0.2, -0.15) is 0 Å². The average molecular weight is 283 g/mol. The van der Waals surface area contributed by atoms with Crippen molar-refractivity contribution in [1.29, 1.82) is 0 Å². The highest BCUT2D eigenvalue weighted by Gasteiger charge is 2.18. The number of rotatable bonds is 8. The van der Waals surface area contributed by atoms with Crippen molar-refractivity contribution in [1.82, 2.24) is 5.43 Å². The molecule has 9 nitrogen and oxygen atoms in total. The lowest BCUT2D eigenvalue weighted by atomic mass is 10.2. The topological polar surface area (TPSA) is 142 Å². The molecule has 0 spiro atoms. The first-order chi connectivity index (χ1) is 9.40. The van der Waals surface area contributed by atoms with Gasteiger partial charge in [0.2, 0.25) is 0 Å². The van der Waals surface area contributed by atoms with Gasteiger partial charge in [0.1, 0.15) is 6.04 Å². The standard InChI is InChI=1S/C11H13N3O6/c15-10(16)6-5-9(11(17)18)13-12-7-1-3-8(4-2-7)14(19)20/h1-4,9,12-13H,5-6H2,(H,15,16)(H,17,18). The van der Waals surface area contributed by atoms with Crippen molar-refractivity contribution in [2.45, 2.75) is 18.9 Å². The van der Waals surface area contributed by atoms with E-state index in [9.17, 15) is 19.7 Å². The van der Waals surface area contributed by atoms with Crippen LogP contribution in [0.15, 0.2) is 24.3 Å². The molecule has 0 aliphatic heterocycles. The zero-order valence-corrected chi connectivity index (χ0v) is 10.3. The number of anilines is 1. The third-order valence-electron chi connectivity index (χ3n) is 2.41. The van der Waals surface area contributed by atoms with E-state index in [4.69, 9.17) is 10.2 Å². The van der Waals surface area contributed by atoms with Crippen molar-refractivity contribution >= 4 is 23.3 Å². The van der Waals surface area contributed by atoms with Crippen LogP contribution >= 0.6 is 0 Å². The molecule has 20 heavy (non-hydrogen) atoms. The molecule has 1 aromatic rings. The van der Waals surface area contributed by atoms with Gasteiger partial charge < -0.3 is 15.6 Å². The van der Waals surface area contributed by atoms with Crippen LogP contribution in [0.25, 0.3) is 0 Å². The van der Waals surface area contributed by atoms with Crippen molar-refractivity contribution in [2.75, 3.05) is 5.43 Å². The fraction of sp³-hybridized carbons (Fsp3) is 0.273. The molecule has 0 aliphatic rings. The summed E-state index contributed by atoms with van der Waals surface area (Å²) in [5.41, 5.74) is 5.37. The Kier molecular flexibility index (Phi) is 5.42. The molecule has 1 atom stereocenters. The maximum absolute atomic E-state index is 10.9. The van der Waals surface area contributed by atoms with E-state index in [1.807, 2.05) is 0 Å². The predicted octanol–water partition coefficient (Wildman–Crippen LogP) is 0.829. The number of hydrogen-bond acceptors (Lipinski definition) is 6. The highest BCUT2D eigenvalue weighted by atomic mass is 16.6. The van der Waals surface area contributed by atoms with E-state index in [-0.39, 0.29) is 18.5 Å². The van der Waals surface area contributed by atoms with Crippen molar-refractivity contribution < 1.29 is 24.7 Å². The van der Waals surface area contributed by atoms with Crippen LogP contribution < -0.4 is 10.9 Å². The van der Waals surface area contributed by atoms with Crippen LogP contribution in [-0.4, -0.2) is 33.1 Å². The number of aliphatic carboxylic acids is 2. The second-order valence-electron chi connectivity index (χ2n) is 3.90. The molecule has 0 saturated carbocycles. The van der Waals surface area contributed by atoms with Crippen LogP contribution in [0.2, 0.25) is 0 Å². The fourth-order valence-electron chi connectivity index (χ4n) is 1.36. The number of carbonyl (C=O) groups is 2. The third-order valence-corrected chi connectivity index (χ3v) is 2.41. The van der Waals surface area contributed by atoms with Gasteiger partial charge in [-0.05, 0) is 18.6 Å². The Balaban J connectivity index is 2.56. The molecule has 108 valence electrons. The molecular formula is C11H13N3O6. The van der Waals surface area contributed by atoms with E-state index >= 15 is 0 Å². The second-order valence-corrected chi connectivity index (χ2v) is 3.90. The van der Waals surface area contributed by atoms with Gasteiger partial charge >= 0.3 is 11.9 Å². The number of nitrogens with one attached hydrogen (secondary N) is 2. The SMILES string of the molecule is O=C(O)CCC(NNc1ccc([N+](=O)[O-])cc1)C(=O)O. The zero-order valence-electron chi connectivity index (χ0n) is 10.3. The van der Waals surface area contributed by atoms with Crippen molar-refractivity contribution in [2.24, 2.45) is 0 Å². The molecule has 4 N–H and O–H groups in total. The molecule has 0 aliphatic carbocycles. The Bertz CT molecular complexity index is 501. The molecule has 0 aromatic heterocycles. The largest absolute Gasteiger partial charge is 0.481 e. The van der Waals surface area contributed by atoms with E-state index in [1.54, 1.807) is 0 Å². The highest BCUT2D eigenvalue weighted by molar-refractivity contribution is 5.75. The summed E-state index contributed by atoms with van der Waals surface area (Å²) in [6.45, 7) is 0. The first kappa shape index (κ1) is 15.4.